The van der Waals surface area contributed by atoms with Crippen LogP contribution in [-0.2, 0) is 20.8 Å². The summed E-state index contributed by atoms with van der Waals surface area (Å²) in [5.74, 6) is 0. The van der Waals surface area contributed by atoms with Crippen LogP contribution in [0.3, 0.4) is 0 Å². The molecule has 1 atom stereocenters. The minimum atomic E-state index is -4.28. The van der Waals surface area contributed by atoms with Crippen LogP contribution >= 0.6 is 7.14 Å². The quantitative estimate of drug-likeness (QED) is 0.310. The predicted molar refractivity (Wildman–Crippen MR) is 161 cm³/mol. The number of carbonyl (C=O) groups excluding carboxylic acids is 2. The molecular weight excluding hydrogens is 487 g/mol. The van der Waals surface area contributed by atoms with Gasteiger partial charge in [-0.05, 0) is 57.9 Å². The molecule has 0 aliphatic carbocycles. The molecular formula is C34H43O3P. The van der Waals surface area contributed by atoms with Gasteiger partial charge in [0.15, 0.2) is 0 Å². The number of carbonyl (C=O) groups is 2. The Bertz CT molecular complexity index is 1370. The van der Waals surface area contributed by atoms with Gasteiger partial charge in [-0.2, -0.15) is 0 Å². The first-order valence-corrected chi connectivity index (χ1v) is 15.0. The Morgan fingerprint density at radius 1 is 0.579 bits per heavy atom. The molecule has 3 aromatic rings. The molecule has 0 saturated heterocycles. The molecule has 1 unspecified atom stereocenters. The molecule has 3 nitrogen and oxygen atoms in total. The van der Waals surface area contributed by atoms with Crippen LogP contribution in [0.4, 0.5) is 0 Å². The first kappa shape index (κ1) is 29.8. The Morgan fingerprint density at radius 2 is 1.00 bits per heavy atom. The minimum Gasteiger partial charge on any atom is -0.302 e. The second kappa shape index (κ2) is 10.1. The molecule has 0 N–H and O–H groups in total. The van der Waals surface area contributed by atoms with E-state index in [0.29, 0.717) is 22.3 Å². The van der Waals surface area contributed by atoms with Crippen LogP contribution in [-0.4, -0.2) is 11.0 Å². The Kier molecular flexibility index (Phi) is 7.90. The highest BCUT2D eigenvalue weighted by molar-refractivity contribution is 8.01. The van der Waals surface area contributed by atoms with Crippen LogP contribution in [0.1, 0.15) is 111 Å². The van der Waals surface area contributed by atoms with Crippen LogP contribution < -0.4 is 5.30 Å². The topological polar surface area (TPSA) is 51.2 Å². The highest BCUT2D eigenvalue weighted by atomic mass is 31.2. The van der Waals surface area contributed by atoms with Crippen LogP contribution in [0.25, 0.3) is 0 Å². The van der Waals surface area contributed by atoms with Crippen LogP contribution in [0.15, 0.2) is 60.7 Å². The lowest BCUT2D eigenvalue weighted by atomic mass is 9.72. The van der Waals surface area contributed by atoms with Crippen molar-refractivity contribution in [3.05, 3.63) is 99.6 Å². The molecule has 0 aliphatic heterocycles. The van der Waals surface area contributed by atoms with Crippen LogP contribution in [0, 0.1) is 13.8 Å². The Labute approximate surface area is 229 Å². The maximum absolute atomic E-state index is 15.3. The SMILES string of the molecule is Cc1cccc(C)c1C(=O)P(=O)(C(=O)c1c(C(C)(C)C)cc(C(C)(C)C)cc1C(C)(C)C)c1ccccc1. The zero-order valence-corrected chi connectivity index (χ0v) is 25.8. The molecule has 0 fully saturated rings. The fraction of sp³-hybridized carbons (Fsp3) is 0.412. The second-order valence-electron chi connectivity index (χ2n) is 13.5. The van der Waals surface area contributed by atoms with Gasteiger partial charge in [-0.25, -0.2) is 0 Å². The number of rotatable bonds is 5. The summed E-state index contributed by atoms with van der Waals surface area (Å²) in [6, 6.07) is 18.3. The number of hydrogen-bond donors (Lipinski definition) is 0. The van der Waals surface area contributed by atoms with Gasteiger partial charge >= 0.3 is 0 Å². The number of hydrogen-bond acceptors (Lipinski definition) is 3. The van der Waals surface area contributed by atoms with Crippen molar-refractivity contribution in [1.82, 2.24) is 0 Å². The zero-order chi connectivity index (χ0) is 28.8. The molecule has 0 aromatic heterocycles. The highest BCUT2D eigenvalue weighted by Gasteiger charge is 2.47. The smallest absolute Gasteiger partial charge is 0.248 e. The number of benzene rings is 3. The maximum Gasteiger partial charge on any atom is 0.248 e. The van der Waals surface area contributed by atoms with Gasteiger partial charge in [0, 0.05) is 16.4 Å². The zero-order valence-electron chi connectivity index (χ0n) is 24.9. The van der Waals surface area contributed by atoms with Gasteiger partial charge < -0.3 is 4.57 Å². The molecule has 3 aromatic carbocycles. The summed E-state index contributed by atoms with van der Waals surface area (Å²) in [5.41, 5.74) is 2.82. The van der Waals surface area contributed by atoms with Gasteiger partial charge in [0.05, 0.1) is 0 Å². The van der Waals surface area contributed by atoms with Gasteiger partial charge in [-0.15, -0.1) is 0 Å². The fourth-order valence-corrected chi connectivity index (χ4v) is 7.39. The Morgan fingerprint density at radius 3 is 1.39 bits per heavy atom. The summed E-state index contributed by atoms with van der Waals surface area (Å²) < 4.78 is 15.3. The third kappa shape index (κ3) is 5.50. The average molecular weight is 531 g/mol. The molecule has 38 heavy (non-hydrogen) atoms. The van der Waals surface area contributed by atoms with E-state index in [0.717, 1.165) is 16.7 Å². The number of aryl methyl sites for hydroxylation is 2. The van der Waals surface area contributed by atoms with Gasteiger partial charge in [-0.1, -0.05) is 123 Å². The third-order valence-electron chi connectivity index (χ3n) is 7.22. The largest absolute Gasteiger partial charge is 0.302 e. The van der Waals surface area contributed by atoms with Crippen molar-refractivity contribution in [2.75, 3.05) is 0 Å². The van der Waals surface area contributed by atoms with Gasteiger partial charge in [0.2, 0.25) is 18.2 Å². The lowest BCUT2D eigenvalue weighted by molar-refractivity contribution is 0.103. The summed E-state index contributed by atoms with van der Waals surface area (Å²) in [6.07, 6.45) is 0. The molecule has 0 bridgehead atoms. The van der Waals surface area contributed by atoms with Gasteiger partial charge in [-0.3, -0.25) is 9.59 Å². The highest BCUT2D eigenvalue weighted by Crippen LogP contribution is 2.54. The molecule has 4 heteroatoms. The van der Waals surface area contributed by atoms with E-state index in [1.165, 1.54) is 0 Å². The van der Waals surface area contributed by atoms with E-state index in [1.807, 2.05) is 32.0 Å². The van der Waals surface area contributed by atoms with E-state index >= 15 is 4.57 Å². The van der Waals surface area contributed by atoms with Crippen molar-refractivity contribution in [3.63, 3.8) is 0 Å². The lowest BCUT2D eigenvalue weighted by Crippen LogP contribution is -2.29. The molecule has 0 radical (unpaired) electrons. The van der Waals surface area contributed by atoms with Gasteiger partial charge in [0.25, 0.3) is 0 Å². The molecule has 0 amide bonds. The summed E-state index contributed by atoms with van der Waals surface area (Å²) in [6.45, 7) is 22.5. The Balaban J connectivity index is 2.50. The molecule has 3 rings (SSSR count). The van der Waals surface area contributed by atoms with Crippen molar-refractivity contribution >= 4 is 23.5 Å². The van der Waals surface area contributed by atoms with E-state index in [1.54, 1.807) is 30.3 Å². The van der Waals surface area contributed by atoms with E-state index in [4.69, 9.17) is 0 Å². The third-order valence-corrected chi connectivity index (χ3v) is 9.84. The fourth-order valence-electron chi connectivity index (χ4n) is 4.92. The Hall–Kier alpha value is -2.77. The standard InChI is InChI=1S/C34H43O3P/c1-22-16-15-17-23(2)28(22)30(35)38(37,25-18-13-12-14-19-25)31(36)29-26(33(6,7)8)20-24(32(3,4)5)21-27(29)34(9,10)11/h12-21H,1-11H3. The van der Waals surface area contributed by atoms with Crippen molar-refractivity contribution in [2.45, 2.75) is 92.4 Å². The summed E-state index contributed by atoms with van der Waals surface area (Å²) in [7, 11) is -4.28. The van der Waals surface area contributed by atoms with Crippen molar-refractivity contribution < 1.29 is 14.2 Å². The first-order chi connectivity index (χ1) is 17.3. The molecule has 0 saturated carbocycles. The van der Waals surface area contributed by atoms with Crippen molar-refractivity contribution in [1.29, 1.82) is 0 Å². The normalized spacial score (nSPS) is 14.2. The molecule has 0 heterocycles. The van der Waals surface area contributed by atoms with Crippen molar-refractivity contribution in [2.24, 2.45) is 0 Å². The maximum atomic E-state index is 15.3. The molecule has 0 aliphatic rings. The first-order valence-electron chi connectivity index (χ1n) is 13.3. The van der Waals surface area contributed by atoms with E-state index in [2.05, 4.69) is 74.4 Å². The molecule has 0 spiro atoms. The van der Waals surface area contributed by atoms with E-state index in [9.17, 15) is 9.59 Å². The predicted octanol–water partition coefficient (Wildman–Crippen LogP) is 8.87. The second-order valence-corrected chi connectivity index (χ2v) is 16.1. The van der Waals surface area contributed by atoms with Gasteiger partial charge in [0.1, 0.15) is 0 Å². The van der Waals surface area contributed by atoms with E-state index < -0.39 is 29.0 Å². The summed E-state index contributed by atoms with van der Waals surface area (Å²) in [4.78, 5) is 29.3. The van der Waals surface area contributed by atoms with Crippen molar-refractivity contribution in [3.8, 4) is 0 Å². The monoisotopic (exact) mass is 530 g/mol. The average Bonchev–Trinajstić information content (AvgIpc) is 2.80. The van der Waals surface area contributed by atoms with E-state index in [-0.39, 0.29) is 10.7 Å². The van der Waals surface area contributed by atoms with Crippen LogP contribution in [0.2, 0.25) is 0 Å². The molecule has 202 valence electrons. The minimum absolute atomic E-state index is 0.154. The van der Waals surface area contributed by atoms with Crippen LogP contribution in [0.5, 0.6) is 0 Å². The summed E-state index contributed by atoms with van der Waals surface area (Å²) >= 11 is 0. The lowest BCUT2D eigenvalue weighted by Gasteiger charge is -2.34. The summed E-state index contributed by atoms with van der Waals surface area (Å²) in [5, 5.41) is 0.275.